The number of rotatable bonds is 3. The summed E-state index contributed by atoms with van der Waals surface area (Å²) < 4.78 is 13.8. The molecule has 0 aliphatic heterocycles. The molecule has 0 aliphatic carbocycles. The summed E-state index contributed by atoms with van der Waals surface area (Å²) in [7, 11) is 0. The Kier molecular flexibility index (Phi) is 6.22. The summed E-state index contributed by atoms with van der Waals surface area (Å²) in [4.78, 5) is 0. The Hall–Kier alpha value is -2.77. The van der Waals surface area contributed by atoms with Crippen LogP contribution in [-0.2, 0) is 0 Å². The van der Waals surface area contributed by atoms with Crippen LogP contribution in [-0.4, -0.2) is 0 Å². The van der Waals surface area contributed by atoms with Crippen molar-refractivity contribution in [2.24, 2.45) is 0 Å². The van der Waals surface area contributed by atoms with Gasteiger partial charge in [0.05, 0.1) is 0 Å². The molecule has 0 amide bonds. The molecule has 0 saturated heterocycles. The lowest BCUT2D eigenvalue weighted by atomic mass is 10.1. The number of halogens is 1. The Morgan fingerprint density at radius 3 is 1.83 bits per heavy atom. The molecule has 0 N–H and O–H groups in total. The molecular weight excluding hydrogens is 283 g/mol. The van der Waals surface area contributed by atoms with Gasteiger partial charge < -0.3 is 0 Å². The maximum absolute atomic E-state index is 13.8. The van der Waals surface area contributed by atoms with Crippen LogP contribution in [0.25, 0.3) is 5.83 Å². The monoisotopic (exact) mass is 302 g/mol. The number of benzene rings is 2. The van der Waals surface area contributed by atoms with Gasteiger partial charge in [0.1, 0.15) is 5.83 Å². The first-order valence-electron chi connectivity index (χ1n) is 7.74. The molecule has 0 nitrogen and oxygen atoms in total. The summed E-state index contributed by atoms with van der Waals surface area (Å²) in [6.07, 6.45) is 3.33. The highest BCUT2D eigenvalue weighted by Crippen LogP contribution is 2.17. The molecule has 2 aromatic carbocycles. The minimum Gasteiger partial charge on any atom is -0.207 e. The Morgan fingerprint density at radius 1 is 0.870 bits per heavy atom. The SMILES string of the molecule is CC#Cc1ccc(C#Cc2ccc(/C(F)=C\CCC)cc2)cc1. The van der Waals surface area contributed by atoms with Crippen LogP contribution in [0.3, 0.4) is 0 Å². The maximum atomic E-state index is 13.8. The smallest absolute Gasteiger partial charge is 0.126 e. The van der Waals surface area contributed by atoms with Crippen molar-refractivity contribution in [3.05, 3.63) is 76.9 Å². The average molecular weight is 302 g/mol. The predicted molar refractivity (Wildman–Crippen MR) is 95.4 cm³/mol. The van der Waals surface area contributed by atoms with Crippen molar-refractivity contribution in [3.63, 3.8) is 0 Å². The molecule has 114 valence electrons. The Morgan fingerprint density at radius 2 is 1.35 bits per heavy atom. The first-order chi connectivity index (χ1) is 11.2. The third-order valence-corrected chi connectivity index (χ3v) is 3.28. The molecule has 0 aromatic heterocycles. The molecule has 0 atom stereocenters. The van der Waals surface area contributed by atoms with Crippen LogP contribution in [0.1, 0.15) is 48.9 Å². The fraction of sp³-hybridized carbons (Fsp3) is 0.182. The molecule has 0 fully saturated rings. The molecule has 1 heteroatoms. The lowest BCUT2D eigenvalue weighted by Gasteiger charge is -1.98. The zero-order valence-corrected chi connectivity index (χ0v) is 13.5. The highest BCUT2D eigenvalue weighted by atomic mass is 19.1. The largest absolute Gasteiger partial charge is 0.207 e. The van der Waals surface area contributed by atoms with Crippen LogP contribution in [0, 0.1) is 23.7 Å². The van der Waals surface area contributed by atoms with Crippen molar-refractivity contribution in [1.29, 1.82) is 0 Å². The van der Waals surface area contributed by atoms with Crippen LogP contribution in [0.15, 0.2) is 54.6 Å². The molecule has 0 unspecified atom stereocenters. The summed E-state index contributed by atoms with van der Waals surface area (Å²) >= 11 is 0. The van der Waals surface area contributed by atoms with E-state index in [4.69, 9.17) is 0 Å². The first-order valence-corrected chi connectivity index (χ1v) is 7.74. The van der Waals surface area contributed by atoms with Gasteiger partial charge in [-0.15, -0.1) is 5.92 Å². The third-order valence-electron chi connectivity index (χ3n) is 3.28. The van der Waals surface area contributed by atoms with Gasteiger partial charge in [-0.3, -0.25) is 0 Å². The predicted octanol–water partition coefficient (Wildman–Crippen LogP) is 5.57. The van der Waals surface area contributed by atoms with Gasteiger partial charge in [-0.2, -0.15) is 0 Å². The van der Waals surface area contributed by atoms with Gasteiger partial charge >= 0.3 is 0 Å². The van der Waals surface area contributed by atoms with Gasteiger partial charge in [0, 0.05) is 22.3 Å². The second-order valence-corrected chi connectivity index (χ2v) is 5.12. The molecule has 0 bridgehead atoms. The van der Waals surface area contributed by atoms with E-state index in [1.807, 2.05) is 50.2 Å². The van der Waals surface area contributed by atoms with Crippen LogP contribution < -0.4 is 0 Å². The molecule has 0 heterocycles. The van der Waals surface area contributed by atoms with E-state index >= 15 is 0 Å². The van der Waals surface area contributed by atoms with Crippen molar-refractivity contribution in [1.82, 2.24) is 0 Å². The zero-order chi connectivity index (χ0) is 16.5. The van der Waals surface area contributed by atoms with E-state index in [2.05, 4.69) is 23.7 Å². The van der Waals surface area contributed by atoms with Gasteiger partial charge in [0.25, 0.3) is 0 Å². The van der Waals surface area contributed by atoms with E-state index in [1.165, 1.54) is 0 Å². The van der Waals surface area contributed by atoms with Gasteiger partial charge in [0.2, 0.25) is 0 Å². The van der Waals surface area contributed by atoms with Gasteiger partial charge in [-0.25, -0.2) is 4.39 Å². The molecular formula is C22H19F. The Bertz CT molecular complexity index is 786. The number of hydrogen-bond acceptors (Lipinski definition) is 0. The summed E-state index contributed by atoms with van der Waals surface area (Å²) in [5.74, 6) is 11.9. The maximum Gasteiger partial charge on any atom is 0.126 e. The second-order valence-electron chi connectivity index (χ2n) is 5.12. The first kappa shape index (κ1) is 16.6. The number of unbranched alkanes of at least 4 members (excludes halogenated alkanes) is 1. The Labute approximate surface area is 138 Å². The molecule has 0 aliphatic rings. The van der Waals surface area contributed by atoms with E-state index in [0.717, 1.165) is 29.5 Å². The lowest BCUT2D eigenvalue weighted by Crippen LogP contribution is -1.81. The highest BCUT2D eigenvalue weighted by molar-refractivity contribution is 5.60. The van der Waals surface area contributed by atoms with Crippen LogP contribution in [0.4, 0.5) is 4.39 Å². The van der Waals surface area contributed by atoms with E-state index in [-0.39, 0.29) is 5.83 Å². The van der Waals surface area contributed by atoms with E-state index < -0.39 is 0 Å². The number of allylic oxidation sites excluding steroid dienone is 1. The molecule has 0 spiro atoms. The average Bonchev–Trinajstić information content (AvgIpc) is 2.60. The summed E-state index contributed by atoms with van der Waals surface area (Å²) in [5.41, 5.74) is 3.39. The molecule has 0 saturated carbocycles. The Balaban J connectivity index is 2.10. The highest BCUT2D eigenvalue weighted by Gasteiger charge is 1.98. The minimum absolute atomic E-state index is 0.168. The topological polar surface area (TPSA) is 0 Å². The summed E-state index contributed by atoms with van der Waals surface area (Å²) in [5, 5.41) is 0. The second kappa shape index (κ2) is 8.62. The van der Waals surface area contributed by atoms with Crippen molar-refractivity contribution >= 4 is 5.83 Å². The quantitative estimate of drug-likeness (QED) is 0.650. The van der Waals surface area contributed by atoms with E-state index in [1.54, 1.807) is 18.2 Å². The normalized spacial score (nSPS) is 10.3. The van der Waals surface area contributed by atoms with E-state index in [0.29, 0.717) is 5.56 Å². The zero-order valence-electron chi connectivity index (χ0n) is 13.5. The van der Waals surface area contributed by atoms with E-state index in [9.17, 15) is 4.39 Å². The van der Waals surface area contributed by atoms with Crippen molar-refractivity contribution < 1.29 is 4.39 Å². The van der Waals surface area contributed by atoms with Crippen molar-refractivity contribution in [2.45, 2.75) is 26.7 Å². The molecule has 23 heavy (non-hydrogen) atoms. The lowest BCUT2D eigenvalue weighted by molar-refractivity contribution is 0.750. The number of hydrogen-bond donors (Lipinski definition) is 0. The van der Waals surface area contributed by atoms with Crippen molar-refractivity contribution in [2.75, 3.05) is 0 Å². The minimum atomic E-state index is -0.168. The van der Waals surface area contributed by atoms with Gasteiger partial charge in [0.15, 0.2) is 0 Å². The van der Waals surface area contributed by atoms with Crippen LogP contribution in [0.2, 0.25) is 0 Å². The molecule has 2 rings (SSSR count). The van der Waals surface area contributed by atoms with Crippen molar-refractivity contribution in [3.8, 4) is 23.7 Å². The van der Waals surface area contributed by atoms with Crippen LogP contribution >= 0.6 is 0 Å². The molecule has 0 radical (unpaired) electrons. The standard InChI is InChI=1S/C22H19F/c1-3-5-7-22(23)21-16-14-20(15-17-21)13-12-19-10-8-18(6-4-2)9-11-19/h7-11,14-17H,3,5H2,1-2H3/b22-7+. The third kappa shape index (κ3) is 5.17. The van der Waals surface area contributed by atoms with Gasteiger partial charge in [-0.1, -0.05) is 43.2 Å². The fourth-order valence-electron chi connectivity index (χ4n) is 2.03. The summed E-state index contributed by atoms with van der Waals surface area (Å²) in [6.45, 7) is 3.85. The van der Waals surface area contributed by atoms with Crippen LogP contribution in [0.5, 0.6) is 0 Å². The molecule has 2 aromatic rings. The van der Waals surface area contributed by atoms with Gasteiger partial charge in [-0.05, 0) is 55.8 Å². The summed E-state index contributed by atoms with van der Waals surface area (Å²) in [6, 6.07) is 15.0. The fourth-order valence-corrected chi connectivity index (χ4v) is 2.03.